The van der Waals surface area contributed by atoms with Crippen LogP contribution in [0.2, 0.25) is 0 Å². The van der Waals surface area contributed by atoms with Gasteiger partial charge in [0.1, 0.15) is 0 Å². The standard InChI is InChI=1S/C14H10/c1-2-12-8-10-14(11-9-12)13-6-4-3-5-7-13/h1,3-11H/i3D,4D,5D,6D,7D,8D,9D,10D,11D. The molecule has 0 unspecified atom stereocenters. The van der Waals surface area contributed by atoms with E-state index < -0.39 is 54.4 Å². The van der Waals surface area contributed by atoms with Crippen LogP contribution in [0.15, 0.2) is 54.4 Å². The molecule has 0 saturated carbocycles. The molecular weight excluding hydrogens is 168 g/mol. The minimum atomic E-state index is -0.612. The van der Waals surface area contributed by atoms with Gasteiger partial charge in [0.25, 0.3) is 0 Å². The second-order valence-corrected chi connectivity index (χ2v) is 2.39. The van der Waals surface area contributed by atoms with Crippen molar-refractivity contribution in [1.29, 1.82) is 0 Å². The number of hydrogen-bond donors (Lipinski definition) is 0. The Morgan fingerprint density at radius 3 is 2.00 bits per heavy atom. The van der Waals surface area contributed by atoms with E-state index in [1.165, 1.54) is 0 Å². The van der Waals surface area contributed by atoms with Crippen LogP contribution in [0, 0.1) is 12.3 Å². The maximum atomic E-state index is 7.98. The summed E-state index contributed by atoms with van der Waals surface area (Å²) in [5.74, 6) is 2.07. The Kier molecular flexibility index (Phi) is 0.816. The Balaban J connectivity index is 3.05. The van der Waals surface area contributed by atoms with E-state index in [-0.39, 0.29) is 16.7 Å². The van der Waals surface area contributed by atoms with Crippen LogP contribution < -0.4 is 0 Å². The first kappa shape index (κ1) is 3.00. The number of rotatable bonds is 1. The van der Waals surface area contributed by atoms with Crippen molar-refractivity contribution in [2.75, 3.05) is 0 Å². The van der Waals surface area contributed by atoms with E-state index in [1.54, 1.807) is 0 Å². The van der Waals surface area contributed by atoms with Crippen LogP contribution >= 0.6 is 0 Å². The van der Waals surface area contributed by atoms with Crippen molar-refractivity contribution in [2.24, 2.45) is 0 Å². The molecule has 2 rings (SSSR count). The average molecular weight is 187 g/mol. The lowest BCUT2D eigenvalue weighted by Crippen LogP contribution is -1.77. The highest BCUT2D eigenvalue weighted by atomic mass is 14.0. The summed E-state index contributed by atoms with van der Waals surface area (Å²) in [6.07, 6.45) is 5.19. The fourth-order valence-electron chi connectivity index (χ4n) is 0.885. The zero-order valence-electron chi connectivity index (χ0n) is 16.1. The third-order valence-corrected chi connectivity index (χ3v) is 1.52. The lowest BCUT2D eigenvalue weighted by molar-refractivity contribution is 1.59. The molecule has 0 atom stereocenters. The zero-order chi connectivity index (χ0) is 17.6. The summed E-state index contributed by atoms with van der Waals surface area (Å²) in [5, 5.41) is 0. The molecule has 0 aliphatic heterocycles. The lowest BCUT2D eigenvalue weighted by atomic mass is 10.0. The Morgan fingerprint density at radius 1 is 0.857 bits per heavy atom. The molecule has 0 bridgehead atoms. The molecule has 14 heavy (non-hydrogen) atoms. The molecule has 0 heterocycles. The molecule has 66 valence electrons. The van der Waals surface area contributed by atoms with Gasteiger partial charge in [0.05, 0.1) is 12.3 Å². The molecule has 0 saturated heterocycles. The second-order valence-electron chi connectivity index (χ2n) is 2.39. The highest BCUT2D eigenvalue weighted by molar-refractivity contribution is 5.64. The van der Waals surface area contributed by atoms with Gasteiger partial charge in [0.15, 0.2) is 0 Å². The number of terminal acetylenes is 1. The first-order valence-electron chi connectivity index (χ1n) is 8.29. The Hall–Kier alpha value is -2.00. The fraction of sp³-hybridized carbons (Fsp3) is 0. The predicted octanol–water partition coefficient (Wildman–Crippen LogP) is 3.33. The first-order chi connectivity index (χ1) is 10.6. The van der Waals surface area contributed by atoms with Gasteiger partial charge in [-0.15, -0.1) is 6.42 Å². The molecule has 0 radical (unpaired) electrons. The molecule has 0 nitrogen and oxygen atoms in total. The largest absolute Gasteiger partial charge is 0.115 e. The lowest BCUT2D eigenvalue weighted by Gasteiger charge is -2.00. The summed E-state index contributed by atoms with van der Waals surface area (Å²) in [7, 11) is 0. The van der Waals surface area contributed by atoms with Crippen LogP contribution in [0.1, 0.15) is 17.9 Å². The molecule has 0 amide bonds. The monoisotopic (exact) mass is 187 g/mol. The summed E-state index contributed by atoms with van der Waals surface area (Å²) in [6, 6.07) is -5.08. The summed E-state index contributed by atoms with van der Waals surface area (Å²) in [4.78, 5) is 0. The molecule has 0 aliphatic rings. The highest BCUT2D eigenvalue weighted by Gasteiger charge is 1.94. The molecule has 0 aromatic heterocycles. The van der Waals surface area contributed by atoms with Crippen molar-refractivity contribution < 1.29 is 12.3 Å². The van der Waals surface area contributed by atoms with Gasteiger partial charge in [0, 0.05) is 5.56 Å². The molecule has 2 aromatic rings. The predicted molar refractivity (Wildman–Crippen MR) is 59.8 cm³/mol. The van der Waals surface area contributed by atoms with Gasteiger partial charge in [-0.25, -0.2) is 0 Å². The van der Waals surface area contributed by atoms with Crippen molar-refractivity contribution in [3.63, 3.8) is 0 Å². The molecule has 0 spiro atoms. The Morgan fingerprint density at radius 2 is 1.43 bits per heavy atom. The van der Waals surface area contributed by atoms with Crippen molar-refractivity contribution in [3.05, 3.63) is 59.9 Å². The molecule has 0 aliphatic carbocycles. The minimum absolute atomic E-state index is 0.240. The third kappa shape index (κ3) is 1.67. The van der Waals surface area contributed by atoms with Crippen molar-refractivity contribution in [3.8, 4) is 23.5 Å². The summed E-state index contributed by atoms with van der Waals surface area (Å²) < 4.78 is 70.3. The van der Waals surface area contributed by atoms with Gasteiger partial charge in [-0.1, -0.05) is 48.2 Å². The van der Waals surface area contributed by atoms with E-state index in [9.17, 15) is 0 Å². The summed E-state index contributed by atoms with van der Waals surface area (Å²) in [6.45, 7) is 0. The Labute approximate surface area is 96.9 Å². The summed E-state index contributed by atoms with van der Waals surface area (Å²) >= 11 is 0. The fourth-order valence-corrected chi connectivity index (χ4v) is 0.885. The average Bonchev–Trinajstić information content (AvgIpc) is 2.53. The normalized spacial score (nSPS) is 18.4. The molecule has 0 N–H and O–H groups in total. The maximum Gasteiger partial charge on any atom is 0.0636 e. The first-order valence-corrected chi connectivity index (χ1v) is 3.79. The van der Waals surface area contributed by atoms with Gasteiger partial charge < -0.3 is 0 Å². The minimum Gasteiger partial charge on any atom is -0.115 e. The topological polar surface area (TPSA) is 0 Å². The maximum absolute atomic E-state index is 7.98. The van der Waals surface area contributed by atoms with E-state index in [1.807, 2.05) is 0 Å². The Bertz CT molecular complexity index is 819. The highest BCUT2D eigenvalue weighted by Crippen LogP contribution is 2.18. The van der Waals surface area contributed by atoms with Crippen LogP contribution in [0.25, 0.3) is 11.1 Å². The van der Waals surface area contributed by atoms with Gasteiger partial charge >= 0.3 is 0 Å². The smallest absolute Gasteiger partial charge is 0.0636 e. The van der Waals surface area contributed by atoms with Gasteiger partial charge in [-0.2, -0.15) is 0 Å². The molecule has 0 heteroatoms. The third-order valence-electron chi connectivity index (χ3n) is 1.52. The van der Waals surface area contributed by atoms with Crippen molar-refractivity contribution in [2.45, 2.75) is 0 Å². The summed E-state index contributed by atoms with van der Waals surface area (Å²) in [5.41, 5.74) is -0.983. The van der Waals surface area contributed by atoms with Crippen molar-refractivity contribution >= 4 is 0 Å². The quantitative estimate of drug-likeness (QED) is 0.601. The van der Waals surface area contributed by atoms with E-state index in [2.05, 4.69) is 5.92 Å². The van der Waals surface area contributed by atoms with Gasteiger partial charge in [-0.05, 0) is 23.2 Å². The molecular formula is C14H10. The van der Waals surface area contributed by atoms with Crippen LogP contribution in [-0.2, 0) is 0 Å². The number of benzene rings is 2. The van der Waals surface area contributed by atoms with E-state index >= 15 is 0 Å². The van der Waals surface area contributed by atoms with Crippen LogP contribution in [0.3, 0.4) is 0 Å². The van der Waals surface area contributed by atoms with E-state index in [4.69, 9.17) is 18.8 Å². The van der Waals surface area contributed by atoms with Gasteiger partial charge in [0.2, 0.25) is 0 Å². The zero-order valence-corrected chi connectivity index (χ0v) is 7.08. The molecule has 0 fully saturated rings. The number of hydrogen-bond acceptors (Lipinski definition) is 0. The molecule has 2 aromatic carbocycles. The van der Waals surface area contributed by atoms with Crippen LogP contribution in [0.5, 0.6) is 0 Å². The van der Waals surface area contributed by atoms with Crippen LogP contribution in [0.4, 0.5) is 0 Å². The van der Waals surface area contributed by atoms with Crippen LogP contribution in [-0.4, -0.2) is 0 Å². The van der Waals surface area contributed by atoms with Crippen molar-refractivity contribution in [1.82, 2.24) is 0 Å². The van der Waals surface area contributed by atoms with E-state index in [0.29, 0.717) is 0 Å². The second kappa shape index (κ2) is 3.81. The van der Waals surface area contributed by atoms with Gasteiger partial charge in [-0.3, -0.25) is 0 Å². The van der Waals surface area contributed by atoms with E-state index in [0.717, 1.165) is 0 Å². The SMILES string of the molecule is [2H]c1c([2H])c([2H])c(-c2c([2H])c([2H])c(C#C)c([2H])c2[2H])c([2H])c1[2H].